The fraction of sp³-hybridized carbons (Fsp3) is 0.105. The topological polar surface area (TPSA) is 103 Å². The van der Waals surface area contributed by atoms with Crippen molar-refractivity contribution in [2.75, 3.05) is 12.3 Å². The Bertz CT molecular complexity index is 1150. The minimum Gasteiger partial charge on any atom is -0.494 e. The molecule has 4 rings (SSSR count). The van der Waals surface area contributed by atoms with Crippen LogP contribution in [-0.4, -0.2) is 23.0 Å². The first-order chi connectivity index (χ1) is 12.5. The van der Waals surface area contributed by atoms with E-state index >= 15 is 0 Å². The maximum absolute atomic E-state index is 12.5. The Kier molecular flexibility index (Phi) is 3.50. The smallest absolute Gasteiger partial charge is 0.262 e. The highest BCUT2D eigenvalue weighted by Crippen LogP contribution is 2.26. The van der Waals surface area contributed by atoms with Crippen molar-refractivity contribution in [3.63, 3.8) is 0 Å². The van der Waals surface area contributed by atoms with Crippen molar-refractivity contribution in [3.8, 4) is 11.4 Å². The number of carbonyl (C=O) groups is 2. The zero-order chi connectivity index (χ0) is 18.4. The van der Waals surface area contributed by atoms with E-state index in [-0.39, 0.29) is 16.9 Å². The van der Waals surface area contributed by atoms with Crippen LogP contribution in [0.2, 0.25) is 0 Å². The number of nitrogen functional groups attached to an aromatic ring is 1. The van der Waals surface area contributed by atoms with Gasteiger partial charge in [-0.3, -0.25) is 24.3 Å². The molecule has 1 aromatic heterocycles. The number of nitrogens with one attached hydrogen (secondary N) is 1. The molecule has 0 aliphatic carbocycles. The van der Waals surface area contributed by atoms with E-state index in [1.807, 2.05) is 31.2 Å². The minimum absolute atomic E-state index is 0.0101. The zero-order valence-corrected chi connectivity index (χ0v) is 13.9. The van der Waals surface area contributed by atoms with E-state index < -0.39 is 17.4 Å². The van der Waals surface area contributed by atoms with E-state index in [9.17, 15) is 14.4 Å². The van der Waals surface area contributed by atoms with Crippen LogP contribution in [-0.2, 0) is 0 Å². The Labute approximate surface area is 148 Å². The van der Waals surface area contributed by atoms with Gasteiger partial charge in [0.05, 0.1) is 23.4 Å². The van der Waals surface area contributed by atoms with Gasteiger partial charge in [-0.1, -0.05) is 12.1 Å². The Balaban J connectivity index is 1.89. The molecule has 130 valence electrons. The van der Waals surface area contributed by atoms with E-state index in [4.69, 9.17) is 10.5 Å². The van der Waals surface area contributed by atoms with Crippen molar-refractivity contribution in [1.29, 1.82) is 0 Å². The molecule has 0 saturated heterocycles. The predicted molar refractivity (Wildman–Crippen MR) is 96.9 cm³/mol. The summed E-state index contributed by atoms with van der Waals surface area (Å²) >= 11 is 0. The molecule has 7 heteroatoms. The number of rotatable bonds is 3. The van der Waals surface area contributed by atoms with Crippen LogP contribution in [0, 0.1) is 0 Å². The minimum atomic E-state index is -0.608. The largest absolute Gasteiger partial charge is 0.494 e. The summed E-state index contributed by atoms with van der Waals surface area (Å²) in [6.07, 6.45) is 0. The Morgan fingerprint density at radius 1 is 1.00 bits per heavy atom. The van der Waals surface area contributed by atoms with Crippen molar-refractivity contribution in [3.05, 3.63) is 63.9 Å². The van der Waals surface area contributed by atoms with Crippen LogP contribution in [0.25, 0.3) is 16.5 Å². The lowest BCUT2D eigenvalue weighted by Crippen LogP contribution is -2.24. The van der Waals surface area contributed by atoms with Gasteiger partial charge < -0.3 is 10.5 Å². The second kappa shape index (κ2) is 5.73. The normalized spacial score (nSPS) is 13.0. The second-order valence-electron chi connectivity index (χ2n) is 5.90. The van der Waals surface area contributed by atoms with Gasteiger partial charge in [0.25, 0.3) is 17.4 Å². The quantitative estimate of drug-likeness (QED) is 0.703. The number of nitrogens with zero attached hydrogens (tertiary/aromatic N) is 1. The number of benzene rings is 2. The summed E-state index contributed by atoms with van der Waals surface area (Å²) in [5, 5.41) is 3.98. The van der Waals surface area contributed by atoms with Gasteiger partial charge in [0.2, 0.25) is 0 Å². The average molecular weight is 349 g/mol. The second-order valence-corrected chi connectivity index (χ2v) is 5.90. The van der Waals surface area contributed by atoms with E-state index in [0.717, 1.165) is 22.6 Å². The molecule has 1 aliphatic heterocycles. The first-order valence-corrected chi connectivity index (χ1v) is 8.08. The van der Waals surface area contributed by atoms with Gasteiger partial charge in [0, 0.05) is 6.07 Å². The number of hydrogen-bond donors (Lipinski definition) is 2. The summed E-state index contributed by atoms with van der Waals surface area (Å²) in [5.74, 6) is -0.500. The molecule has 0 atom stereocenters. The number of hydrogen-bond acceptors (Lipinski definition) is 5. The zero-order valence-electron chi connectivity index (χ0n) is 13.9. The monoisotopic (exact) mass is 349 g/mol. The first-order valence-electron chi connectivity index (χ1n) is 8.08. The lowest BCUT2D eigenvalue weighted by Gasteiger charge is -2.13. The molecule has 0 bridgehead atoms. The van der Waals surface area contributed by atoms with Gasteiger partial charge in [-0.05, 0) is 42.0 Å². The summed E-state index contributed by atoms with van der Waals surface area (Å²) in [5.41, 5.74) is 6.13. The number of carbonyl (C=O) groups excluding carboxylic acids is 2. The molecule has 2 aromatic carbocycles. The SMILES string of the molecule is CCOc1ccc2cc(-n3c(N)c4c(cc3=O)C(=O)NC4=O)ccc2c1. The van der Waals surface area contributed by atoms with Crippen molar-refractivity contribution >= 4 is 28.4 Å². The van der Waals surface area contributed by atoms with Crippen LogP contribution in [0.1, 0.15) is 27.6 Å². The standard InChI is InChI=1S/C19H15N3O4/c1-2-26-13-6-4-10-7-12(5-3-11(10)8-13)22-15(23)9-14-16(17(22)20)19(25)21-18(14)24/h3-9H,2,20H2,1H3,(H,21,24,25). The number of amides is 2. The first kappa shape index (κ1) is 15.9. The van der Waals surface area contributed by atoms with Crippen molar-refractivity contribution in [2.24, 2.45) is 0 Å². The third kappa shape index (κ3) is 2.33. The van der Waals surface area contributed by atoms with Crippen molar-refractivity contribution in [1.82, 2.24) is 9.88 Å². The van der Waals surface area contributed by atoms with Crippen LogP contribution >= 0.6 is 0 Å². The van der Waals surface area contributed by atoms with Crippen LogP contribution in [0.15, 0.2) is 47.3 Å². The number of fused-ring (bicyclic) bond motifs is 2. The van der Waals surface area contributed by atoms with Crippen molar-refractivity contribution in [2.45, 2.75) is 6.92 Å². The number of imide groups is 1. The number of pyridine rings is 1. The predicted octanol–water partition coefficient (Wildman–Crippen LogP) is 1.86. The molecule has 0 unspecified atom stereocenters. The fourth-order valence-corrected chi connectivity index (χ4v) is 3.15. The molecule has 2 amide bonds. The molecule has 0 spiro atoms. The average Bonchev–Trinajstić information content (AvgIpc) is 2.89. The summed E-state index contributed by atoms with van der Waals surface area (Å²) in [6.45, 7) is 2.49. The van der Waals surface area contributed by atoms with Gasteiger partial charge in [0.15, 0.2) is 0 Å². The number of aromatic nitrogens is 1. The van der Waals surface area contributed by atoms with Gasteiger partial charge in [-0.25, -0.2) is 0 Å². The summed E-state index contributed by atoms with van der Waals surface area (Å²) < 4.78 is 6.72. The Morgan fingerprint density at radius 3 is 2.50 bits per heavy atom. The third-order valence-electron chi connectivity index (χ3n) is 4.32. The highest BCUT2D eigenvalue weighted by Gasteiger charge is 2.31. The molecular weight excluding hydrogens is 334 g/mol. The van der Waals surface area contributed by atoms with Crippen LogP contribution in [0.4, 0.5) is 5.82 Å². The van der Waals surface area contributed by atoms with Gasteiger partial charge >= 0.3 is 0 Å². The molecule has 0 fully saturated rings. The molecule has 3 aromatic rings. The number of anilines is 1. The van der Waals surface area contributed by atoms with Gasteiger partial charge in [0.1, 0.15) is 11.6 Å². The molecule has 7 nitrogen and oxygen atoms in total. The molecule has 0 saturated carbocycles. The third-order valence-corrected chi connectivity index (χ3v) is 4.32. The maximum Gasteiger partial charge on any atom is 0.262 e. The fourth-order valence-electron chi connectivity index (χ4n) is 3.15. The van der Waals surface area contributed by atoms with E-state index in [1.165, 1.54) is 4.57 Å². The van der Waals surface area contributed by atoms with Crippen molar-refractivity contribution < 1.29 is 14.3 Å². The molecule has 1 aliphatic rings. The van der Waals surface area contributed by atoms with Crippen LogP contribution in [0.3, 0.4) is 0 Å². The molecule has 2 heterocycles. The summed E-state index contributed by atoms with van der Waals surface area (Å²) in [7, 11) is 0. The Morgan fingerprint density at radius 2 is 1.73 bits per heavy atom. The van der Waals surface area contributed by atoms with Crippen LogP contribution < -0.4 is 21.3 Å². The van der Waals surface area contributed by atoms with E-state index in [1.54, 1.807) is 12.1 Å². The highest BCUT2D eigenvalue weighted by atomic mass is 16.5. The maximum atomic E-state index is 12.5. The number of nitrogens with two attached hydrogens (primary N) is 1. The van der Waals surface area contributed by atoms with Gasteiger partial charge in [-0.15, -0.1) is 0 Å². The van der Waals surface area contributed by atoms with Crippen LogP contribution in [0.5, 0.6) is 5.75 Å². The summed E-state index contributed by atoms with van der Waals surface area (Å²) in [4.78, 5) is 36.2. The lowest BCUT2D eigenvalue weighted by atomic mass is 10.1. The molecule has 3 N–H and O–H groups in total. The molecular formula is C19H15N3O4. The highest BCUT2D eigenvalue weighted by molar-refractivity contribution is 6.23. The molecule has 26 heavy (non-hydrogen) atoms. The lowest BCUT2D eigenvalue weighted by molar-refractivity contribution is 0.0880. The number of ether oxygens (including phenoxy) is 1. The Hall–Kier alpha value is -3.61. The van der Waals surface area contributed by atoms with E-state index in [2.05, 4.69) is 5.32 Å². The molecule has 0 radical (unpaired) electrons. The van der Waals surface area contributed by atoms with Gasteiger partial charge in [-0.2, -0.15) is 0 Å². The van der Waals surface area contributed by atoms with E-state index in [0.29, 0.717) is 12.3 Å². The summed E-state index contributed by atoms with van der Waals surface area (Å²) in [6, 6.07) is 12.1.